The normalized spacial score (nSPS) is 13.8. The number of para-hydroxylation sites is 1. The molecule has 110 valence electrons. The van der Waals surface area contributed by atoms with E-state index in [4.69, 9.17) is 4.74 Å². The molecule has 0 saturated heterocycles. The highest BCUT2D eigenvalue weighted by atomic mass is 16.5. The number of methoxy groups -OCH3 is 1. The molecule has 0 aliphatic heterocycles. The second-order valence-corrected chi connectivity index (χ2v) is 6.47. The van der Waals surface area contributed by atoms with Gasteiger partial charge in [-0.2, -0.15) is 0 Å². The van der Waals surface area contributed by atoms with Gasteiger partial charge < -0.3 is 14.6 Å². The molecule has 1 aromatic carbocycles. The first-order chi connectivity index (χ1) is 9.40. The van der Waals surface area contributed by atoms with Crippen LogP contribution in [0.3, 0.4) is 0 Å². The molecule has 1 N–H and O–H groups in total. The van der Waals surface area contributed by atoms with Crippen LogP contribution >= 0.6 is 0 Å². The van der Waals surface area contributed by atoms with E-state index in [2.05, 4.69) is 68.0 Å². The summed E-state index contributed by atoms with van der Waals surface area (Å²) in [5.41, 5.74) is 2.75. The maximum absolute atomic E-state index is 5.39. The van der Waals surface area contributed by atoms with Gasteiger partial charge in [0.15, 0.2) is 0 Å². The number of fused-ring (bicyclic) bond motifs is 1. The largest absolute Gasteiger partial charge is 0.380 e. The number of nitrogens with zero attached hydrogens (tertiary/aromatic N) is 1. The molecule has 3 heteroatoms. The summed E-state index contributed by atoms with van der Waals surface area (Å²) >= 11 is 0. The van der Waals surface area contributed by atoms with Gasteiger partial charge in [0.1, 0.15) is 0 Å². The van der Waals surface area contributed by atoms with Crippen molar-refractivity contribution in [1.29, 1.82) is 0 Å². The van der Waals surface area contributed by atoms with Gasteiger partial charge in [-0.15, -0.1) is 0 Å². The zero-order valence-electron chi connectivity index (χ0n) is 13.2. The molecule has 0 aliphatic carbocycles. The molecule has 0 aliphatic rings. The Labute approximate surface area is 121 Å². The number of nitrogens with one attached hydrogen (secondary N) is 1. The molecule has 2 aromatic rings. The van der Waals surface area contributed by atoms with Crippen LogP contribution in [0.4, 0.5) is 0 Å². The van der Waals surface area contributed by atoms with E-state index in [1.807, 2.05) is 0 Å². The molecule has 0 radical (unpaired) electrons. The number of aromatic nitrogens is 1. The minimum atomic E-state index is 0.128. The zero-order valence-corrected chi connectivity index (χ0v) is 13.2. The molecular weight excluding hydrogens is 248 g/mol. The lowest BCUT2D eigenvalue weighted by Crippen LogP contribution is -2.35. The first-order valence-electron chi connectivity index (χ1n) is 7.25. The van der Waals surface area contributed by atoms with Crippen molar-refractivity contribution in [3.8, 4) is 0 Å². The standard InChI is InChI=1S/C17H26N2O/c1-13(20-5)11-19-12-14(10-18-17(2,3)4)15-8-6-7-9-16(15)19/h6-9,12-13,18H,10-11H2,1-5H3. The Hall–Kier alpha value is -1.32. The molecule has 0 amide bonds. The predicted molar refractivity (Wildman–Crippen MR) is 85.0 cm³/mol. The second-order valence-electron chi connectivity index (χ2n) is 6.47. The molecule has 0 spiro atoms. The molecule has 20 heavy (non-hydrogen) atoms. The third kappa shape index (κ3) is 3.62. The maximum Gasteiger partial charge on any atom is 0.0722 e. The highest BCUT2D eigenvalue weighted by Crippen LogP contribution is 2.22. The van der Waals surface area contributed by atoms with Crippen molar-refractivity contribution >= 4 is 10.9 Å². The summed E-state index contributed by atoms with van der Waals surface area (Å²) in [6.07, 6.45) is 2.47. The number of hydrogen-bond donors (Lipinski definition) is 1. The maximum atomic E-state index is 5.39. The highest BCUT2D eigenvalue weighted by Gasteiger charge is 2.13. The summed E-state index contributed by atoms with van der Waals surface area (Å²) in [5.74, 6) is 0. The van der Waals surface area contributed by atoms with E-state index in [-0.39, 0.29) is 11.6 Å². The minimum absolute atomic E-state index is 0.128. The fourth-order valence-corrected chi connectivity index (χ4v) is 2.33. The number of rotatable bonds is 5. The summed E-state index contributed by atoms with van der Waals surface area (Å²) in [7, 11) is 1.76. The summed E-state index contributed by atoms with van der Waals surface area (Å²) < 4.78 is 7.68. The van der Waals surface area contributed by atoms with E-state index in [1.165, 1.54) is 16.5 Å². The van der Waals surface area contributed by atoms with Crippen molar-refractivity contribution < 1.29 is 4.74 Å². The van der Waals surface area contributed by atoms with Crippen LogP contribution in [-0.4, -0.2) is 23.3 Å². The van der Waals surface area contributed by atoms with Crippen LogP contribution in [0.25, 0.3) is 10.9 Å². The van der Waals surface area contributed by atoms with E-state index in [9.17, 15) is 0 Å². The van der Waals surface area contributed by atoms with E-state index in [1.54, 1.807) is 7.11 Å². The molecule has 0 fully saturated rings. The van der Waals surface area contributed by atoms with Gasteiger partial charge >= 0.3 is 0 Å². The molecule has 1 aromatic heterocycles. The Morgan fingerprint density at radius 1 is 1.25 bits per heavy atom. The molecule has 1 heterocycles. The predicted octanol–water partition coefficient (Wildman–Crippen LogP) is 3.56. The van der Waals surface area contributed by atoms with Crippen molar-refractivity contribution in [2.75, 3.05) is 7.11 Å². The van der Waals surface area contributed by atoms with E-state index >= 15 is 0 Å². The van der Waals surface area contributed by atoms with Gasteiger partial charge in [-0.25, -0.2) is 0 Å². The highest BCUT2D eigenvalue weighted by molar-refractivity contribution is 5.83. The molecule has 1 unspecified atom stereocenters. The van der Waals surface area contributed by atoms with Crippen molar-refractivity contribution in [3.63, 3.8) is 0 Å². The minimum Gasteiger partial charge on any atom is -0.380 e. The van der Waals surface area contributed by atoms with Gasteiger partial charge in [-0.05, 0) is 39.3 Å². The van der Waals surface area contributed by atoms with Crippen LogP contribution < -0.4 is 5.32 Å². The van der Waals surface area contributed by atoms with Crippen molar-refractivity contribution in [1.82, 2.24) is 9.88 Å². The SMILES string of the molecule is COC(C)Cn1cc(CNC(C)(C)C)c2ccccc21. The van der Waals surface area contributed by atoms with E-state index in [0.717, 1.165) is 13.1 Å². The lowest BCUT2D eigenvalue weighted by Gasteiger charge is -2.20. The first-order valence-corrected chi connectivity index (χ1v) is 7.25. The van der Waals surface area contributed by atoms with Gasteiger partial charge in [0.2, 0.25) is 0 Å². The van der Waals surface area contributed by atoms with E-state index in [0.29, 0.717) is 0 Å². The summed E-state index contributed by atoms with van der Waals surface area (Å²) in [4.78, 5) is 0. The Morgan fingerprint density at radius 3 is 2.60 bits per heavy atom. The van der Waals surface area contributed by atoms with Crippen LogP contribution in [-0.2, 0) is 17.8 Å². The molecule has 0 bridgehead atoms. The van der Waals surface area contributed by atoms with Crippen molar-refractivity contribution in [2.45, 2.75) is 52.4 Å². The van der Waals surface area contributed by atoms with Gasteiger partial charge in [0, 0.05) is 42.8 Å². The second kappa shape index (κ2) is 5.98. The number of hydrogen-bond acceptors (Lipinski definition) is 2. The fraction of sp³-hybridized carbons (Fsp3) is 0.529. The Balaban J connectivity index is 2.30. The zero-order chi connectivity index (χ0) is 14.8. The molecular formula is C17H26N2O. The Kier molecular flexibility index (Phi) is 4.51. The fourth-order valence-electron chi connectivity index (χ4n) is 2.33. The number of benzene rings is 1. The monoisotopic (exact) mass is 274 g/mol. The van der Waals surface area contributed by atoms with Crippen LogP contribution in [0, 0.1) is 0 Å². The molecule has 0 saturated carbocycles. The Bertz CT molecular complexity index is 566. The average molecular weight is 274 g/mol. The quantitative estimate of drug-likeness (QED) is 0.902. The average Bonchev–Trinajstić information content (AvgIpc) is 2.74. The molecule has 2 rings (SSSR count). The lowest BCUT2D eigenvalue weighted by atomic mass is 10.1. The third-order valence-electron chi connectivity index (χ3n) is 3.54. The van der Waals surface area contributed by atoms with Gasteiger partial charge in [-0.3, -0.25) is 0 Å². The van der Waals surface area contributed by atoms with Crippen LogP contribution in [0.5, 0.6) is 0 Å². The van der Waals surface area contributed by atoms with E-state index < -0.39 is 0 Å². The van der Waals surface area contributed by atoms with Crippen LogP contribution in [0.15, 0.2) is 30.5 Å². The molecule has 1 atom stereocenters. The van der Waals surface area contributed by atoms with Gasteiger partial charge in [-0.1, -0.05) is 18.2 Å². The third-order valence-corrected chi connectivity index (χ3v) is 3.54. The summed E-state index contributed by atoms with van der Waals surface area (Å²) in [6, 6.07) is 8.57. The molecule has 3 nitrogen and oxygen atoms in total. The number of ether oxygens (including phenoxy) is 1. The van der Waals surface area contributed by atoms with Crippen molar-refractivity contribution in [2.24, 2.45) is 0 Å². The van der Waals surface area contributed by atoms with Gasteiger partial charge in [0.25, 0.3) is 0 Å². The van der Waals surface area contributed by atoms with Crippen LogP contribution in [0.2, 0.25) is 0 Å². The lowest BCUT2D eigenvalue weighted by molar-refractivity contribution is 0.104. The Morgan fingerprint density at radius 2 is 1.95 bits per heavy atom. The summed E-state index contributed by atoms with van der Waals surface area (Å²) in [6.45, 7) is 10.4. The topological polar surface area (TPSA) is 26.2 Å². The van der Waals surface area contributed by atoms with Gasteiger partial charge in [0.05, 0.1) is 6.10 Å². The first kappa shape index (κ1) is 15.1. The summed E-state index contributed by atoms with van der Waals surface area (Å²) in [5, 5.41) is 4.89. The smallest absolute Gasteiger partial charge is 0.0722 e. The van der Waals surface area contributed by atoms with Crippen molar-refractivity contribution in [3.05, 3.63) is 36.0 Å². The van der Waals surface area contributed by atoms with Crippen LogP contribution in [0.1, 0.15) is 33.3 Å².